The molecule has 0 spiro atoms. The number of benzene rings is 1. The van der Waals surface area contributed by atoms with Crippen molar-refractivity contribution in [3.05, 3.63) is 65.2 Å². The van der Waals surface area contributed by atoms with E-state index in [-0.39, 0.29) is 5.58 Å². The smallest absolute Gasteiger partial charge is 0.344 e. The van der Waals surface area contributed by atoms with Gasteiger partial charge in [-0.05, 0) is 31.3 Å². The summed E-state index contributed by atoms with van der Waals surface area (Å²) < 4.78 is 20.5. The quantitative estimate of drug-likeness (QED) is 0.550. The lowest BCUT2D eigenvalue weighted by atomic mass is 10.1. The van der Waals surface area contributed by atoms with Crippen LogP contribution in [-0.4, -0.2) is 36.6 Å². The predicted molar refractivity (Wildman–Crippen MR) is 104 cm³/mol. The van der Waals surface area contributed by atoms with Gasteiger partial charge in [0.05, 0.1) is 17.4 Å². The molecular formula is C20H19FN4O2. The van der Waals surface area contributed by atoms with E-state index in [2.05, 4.69) is 15.2 Å². The molecule has 4 aromatic rings. The van der Waals surface area contributed by atoms with E-state index in [0.29, 0.717) is 16.5 Å². The van der Waals surface area contributed by atoms with Gasteiger partial charge in [0, 0.05) is 49.5 Å². The molecule has 0 aliphatic heterocycles. The van der Waals surface area contributed by atoms with Gasteiger partial charge in [-0.25, -0.2) is 14.2 Å². The van der Waals surface area contributed by atoms with Crippen LogP contribution in [0, 0.1) is 5.82 Å². The van der Waals surface area contributed by atoms with Gasteiger partial charge in [-0.3, -0.25) is 0 Å². The molecule has 1 N–H and O–H groups in total. The first-order valence-electron chi connectivity index (χ1n) is 8.62. The zero-order chi connectivity index (χ0) is 19.0. The predicted octanol–water partition coefficient (Wildman–Crippen LogP) is 2.90. The van der Waals surface area contributed by atoms with Crippen molar-refractivity contribution in [3.63, 3.8) is 0 Å². The molecule has 0 aliphatic rings. The van der Waals surface area contributed by atoms with Gasteiger partial charge < -0.3 is 19.0 Å². The van der Waals surface area contributed by atoms with Crippen LogP contribution in [0.2, 0.25) is 0 Å². The fraction of sp³-hybridized carbons (Fsp3) is 0.200. The van der Waals surface area contributed by atoms with E-state index in [9.17, 15) is 9.18 Å². The summed E-state index contributed by atoms with van der Waals surface area (Å²) in [6, 6.07) is 7.71. The second-order valence-electron chi connectivity index (χ2n) is 6.46. The van der Waals surface area contributed by atoms with E-state index in [0.717, 1.165) is 24.4 Å². The van der Waals surface area contributed by atoms with Crippen LogP contribution in [0.25, 0.3) is 27.7 Å². The lowest BCUT2D eigenvalue weighted by Crippen LogP contribution is -2.27. The van der Waals surface area contributed by atoms with Crippen LogP contribution in [0.4, 0.5) is 10.1 Å². The van der Waals surface area contributed by atoms with E-state index in [1.165, 1.54) is 12.1 Å². The van der Waals surface area contributed by atoms with Crippen LogP contribution in [0.15, 0.2) is 58.1 Å². The van der Waals surface area contributed by atoms with Crippen molar-refractivity contribution in [1.82, 2.24) is 14.7 Å². The molecule has 0 unspecified atom stereocenters. The van der Waals surface area contributed by atoms with E-state index in [1.54, 1.807) is 18.3 Å². The summed E-state index contributed by atoms with van der Waals surface area (Å²) in [7, 11) is 3.92. The van der Waals surface area contributed by atoms with Gasteiger partial charge in [0.1, 0.15) is 17.0 Å². The van der Waals surface area contributed by atoms with Crippen LogP contribution < -0.4 is 15.8 Å². The summed E-state index contributed by atoms with van der Waals surface area (Å²) in [5.41, 5.74) is 2.56. The van der Waals surface area contributed by atoms with Gasteiger partial charge >= 0.3 is 5.63 Å². The Hall–Kier alpha value is -3.19. The van der Waals surface area contributed by atoms with Gasteiger partial charge in [0.25, 0.3) is 0 Å². The number of nitrogens with zero attached hydrogens (tertiary/aromatic N) is 3. The minimum Gasteiger partial charge on any atom is -0.422 e. The average molecular weight is 366 g/mol. The fourth-order valence-electron chi connectivity index (χ4n) is 3.02. The maximum Gasteiger partial charge on any atom is 0.344 e. The Balaban J connectivity index is 1.76. The Morgan fingerprint density at radius 2 is 2.11 bits per heavy atom. The van der Waals surface area contributed by atoms with Crippen molar-refractivity contribution in [3.8, 4) is 11.1 Å². The molecule has 1 aromatic carbocycles. The van der Waals surface area contributed by atoms with E-state index < -0.39 is 11.4 Å². The molecular weight excluding hydrogens is 347 g/mol. The lowest BCUT2D eigenvalue weighted by molar-refractivity contribution is 0.556. The van der Waals surface area contributed by atoms with Crippen molar-refractivity contribution in [2.24, 2.45) is 0 Å². The van der Waals surface area contributed by atoms with Crippen LogP contribution in [0.5, 0.6) is 0 Å². The summed E-state index contributed by atoms with van der Waals surface area (Å²) >= 11 is 0. The summed E-state index contributed by atoms with van der Waals surface area (Å²) in [4.78, 5) is 19.0. The number of nitrogens with one attached hydrogen (secondary N) is 1. The van der Waals surface area contributed by atoms with E-state index in [1.807, 2.05) is 37.0 Å². The van der Waals surface area contributed by atoms with Crippen LogP contribution in [0.1, 0.15) is 0 Å². The number of aromatic nitrogens is 2. The SMILES string of the molecule is CNCCN(C)c1cnc2cc(-c3cc4ccc(F)cc4oc3=O)cn2c1. The van der Waals surface area contributed by atoms with Gasteiger partial charge in [-0.1, -0.05) is 0 Å². The molecule has 0 atom stereocenters. The number of hydrogen-bond acceptors (Lipinski definition) is 5. The van der Waals surface area contributed by atoms with Crippen LogP contribution >= 0.6 is 0 Å². The minimum absolute atomic E-state index is 0.235. The Bertz CT molecular complexity index is 1180. The summed E-state index contributed by atoms with van der Waals surface area (Å²) in [5.74, 6) is -0.438. The first-order chi connectivity index (χ1) is 13.0. The Kier molecular flexibility index (Phi) is 4.37. The van der Waals surface area contributed by atoms with Gasteiger partial charge in [-0.2, -0.15) is 0 Å². The maximum atomic E-state index is 13.3. The molecule has 4 rings (SSSR count). The Morgan fingerprint density at radius 3 is 2.93 bits per heavy atom. The third-order valence-electron chi connectivity index (χ3n) is 4.57. The summed E-state index contributed by atoms with van der Waals surface area (Å²) in [6.07, 6.45) is 5.62. The zero-order valence-corrected chi connectivity index (χ0v) is 15.1. The highest BCUT2D eigenvalue weighted by atomic mass is 19.1. The van der Waals surface area contributed by atoms with Crippen molar-refractivity contribution in [2.75, 3.05) is 32.1 Å². The average Bonchev–Trinajstić information content (AvgIpc) is 3.08. The number of halogens is 1. The van der Waals surface area contributed by atoms with Gasteiger partial charge in [0.15, 0.2) is 0 Å². The molecule has 0 aliphatic carbocycles. The van der Waals surface area contributed by atoms with Gasteiger partial charge in [-0.15, -0.1) is 0 Å². The third-order valence-corrected chi connectivity index (χ3v) is 4.57. The molecule has 6 nitrogen and oxygen atoms in total. The van der Waals surface area contributed by atoms with Crippen LogP contribution in [-0.2, 0) is 0 Å². The van der Waals surface area contributed by atoms with Crippen LogP contribution in [0.3, 0.4) is 0 Å². The molecule has 138 valence electrons. The highest BCUT2D eigenvalue weighted by Crippen LogP contribution is 2.24. The highest BCUT2D eigenvalue weighted by Gasteiger charge is 2.12. The summed E-state index contributed by atoms with van der Waals surface area (Å²) in [6.45, 7) is 1.72. The van der Waals surface area contributed by atoms with E-state index in [4.69, 9.17) is 4.42 Å². The molecule has 0 radical (unpaired) electrons. The second-order valence-corrected chi connectivity index (χ2v) is 6.46. The second kappa shape index (κ2) is 6.85. The Labute approximate surface area is 154 Å². The molecule has 0 fully saturated rings. The minimum atomic E-state index is -0.504. The van der Waals surface area contributed by atoms with E-state index >= 15 is 0 Å². The molecule has 7 heteroatoms. The number of fused-ring (bicyclic) bond motifs is 2. The highest BCUT2D eigenvalue weighted by molar-refractivity contribution is 5.82. The van der Waals surface area contributed by atoms with Crippen molar-refractivity contribution >= 4 is 22.3 Å². The maximum absolute atomic E-state index is 13.3. The standard InChI is InChI=1S/C20H19FN4O2/c1-22-5-6-24(2)16-10-23-19-8-14(11-25(19)12-16)17-7-13-3-4-15(21)9-18(13)27-20(17)26/h3-4,7-12,22H,5-6H2,1-2H3. The monoisotopic (exact) mass is 366 g/mol. The molecule has 0 amide bonds. The zero-order valence-electron chi connectivity index (χ0n) is 15.1. The molecule has 27 heavy (non-hydrogen) atoms. The van der Waals surface area contributed by atoms with Crippen molar-refractivity contribution < 1.29 is 8.81 Å². The number of rotatable bonds is 5. The molecule has 3 aromatic heterocycles. The topological polar surface area (TPSA) is 62.8 Å². The summed E-state index contributed by atoms with van der Waals surface area (Å²) in [5, 5.41) is 3.79. The molecule has 0 saturated carbocycles. The van der Waals surface area contributed by atoms with Crippen molar-refractivity contribution in [2.45, 2.75) is 0 Å². The first kappa shape index (κ1) is 17.2. The molecule has 0 saturated heterocycles. The number of hydrogen-bond donors (Lipinski definition) is 1. The largest absolute Gasteiger partial charge is 0.422 e. The third kappa shape index (κ3) is 3.29. The molecule has 3 heterocycles. The lowest BCUT2D eigenvalue weighted by Gasteiger charge is -2.18. The number of anilines is 1. The van der Waals surface area contributed by atoms with Gasteiger partial charge in [0.2, 0.25) is 0 Å². The van der Waals surface area contributed by atoms with Crippen molar-refractivity contribution in [1.29, 1.82) is 0 Å². The molecule has 0 bridgehead atoms. The normalized spacial score (nSPS) is 11.4. The number of likely N-dealkylation sites (N-methyl/N-ethyl adjacent to an activating group) is 2. The Morgan fingerprint density at radius 1 is 1.26 bits per heavy atom. The first-order valence-corrected chi connectivity index (χ1v) is 8.62. The fourth-order valence-corrected chi connectivity index (χ4v) is 3.02.